The van der Waals surface area contributed by atoms with E-state index in [4.69, 9.17) is 0 Å². The van der Waals surface area contributed by atoms with Crippen molar-refractivity contribution in [2.45, 2.75) is 18.4 Å². The van der Waals surface area contributed by atoms with Crippen LogP contribution in [0.15, 0.2) is 11.2 Å². The molecule has 0 spiro atoms. The maximum absolute atomic E-state index is 12.4. The third-order valence-electron chi connectivity index (χ3n) is 3.25. The molecule has 6 nitrogen and oxygen atoms in total. The van der Waals surface area contributed by atoms with Gasteiger partial charge in [0.05, 0.1) is 6.20 Å². The van der Waals surface area contributed by atoms with E-state index in [2.05, 4.69) is 30.8 Å². The van der Waals surface area contributed by atoms with Crippen molar-refractivity contribution < 1.29 is 8.42 Å². The lowest BCUT2D eigenvalue weighted by Crippen LogP contribution is -2.35. The zero-order valence-corrected chi connectivity index (χ0v) is 13.4. The lowest BCUT2D eigenvalue weighted by molar-refractivity contribution is 0.305. The molecule has 0 amide bonds. The second-order valence-corrected chi connectivity index (χ2v) is 7.32. The van der Waals surface area contributed by atoms with Crippen LogP contribution in [0.2, 0.25) is 0 Å². The number of aromatic nitrogens is 2. The summed E-state index contributed by atoms with van der Waals surface area (Å²) in [5.74, 6) is 0.620. The van der Waals surface area contributed by atoms with Gasteiger partial charge in [0.15, 0.2) is 5.03 Å². The molecular formula is C11H19BrN4O2S. The summed E-state index contributed by atoms with van der Waals surface area (Å²) < 4.78 is 26.4. The van der Waals surface area contributed by atoms with E-state index >= 15 is 0 Å². The molecule has 0 bridgehead atoms. The van der Waals surface area contributed by atoms with E-state index in [0.29, 0.717) is 18.9 Å². The fourth-order valence-electron chi connectivity index (χ4n) is 2.20. The molecule has 108 valence electrons. The van der Waals surface area contributed by atoms with Gasteiger partial charge in [-0.25, -0.2) is 13.4 Å². The first kappa shape index (κ1) is 15.0. The second-order valence-electron chi connectivity index (χ2n) is 4.62. The van der Waals surface area contributed by atoms with Crippen LogP contribution in [-0.2, 0) is 10.0 Å². The van der Waals surface area contributed by atoms with E-state index in [1.807, 2.05) is 0 Å². The predicted molar refractivity (Wildman–Crippen MR) is 76.9 cm³/mol. The number of nitrogens with zero attached hydrogens (tertiary/aromatic N) is 3. The van der Waals surface area contributed by atoms with Crippen LogP contribution in [0.4, 0.5) is 0 Å². The Bertz CT molecular complexity index is 517. The van der Waals surface area contributed by atoms with E-state index in [1.54, 1.807) is 11.2 Å². The molecule has 19 heavy (non-hydrogen) atoms. The fourth-order valence-corrected chi connectivity index (χ4v) is 4.13. The number of rotatable bonds is 4. The average Bonchev–Trinajstić information content (AvgIpc) is 2.66. The van der Waals surface area contributed by atoms with Crippen molar-refractivity contribution in [1.82, 2.24) is 19.2 Å². The van der Waals surface area contributed by atoms with Gasteiger partial charge < -0.3 is 9.88 Å². The molecule has 1 aromatic heterocycles. The van der Waals surface area contributed by atoms with E-state index < -0.39 is 10.0 Å². The molecule has 0 radical (unpaired) electrons. The maximum atomic E-state index is 12.4. The third-order valence-corrected chi connectivity index (χ3v) is 5.41. The van der Waals surface area contributed by atoms with E-state index in [9.17, 15) is 8.42 Å². The molecule has 2 heterocycles. The molecule has 1 saturated heterocycles. The maximum Gasteiger partial charge on any atom is 0.260 e. The first-order chi connectivity index (χ1) is 9.04. The zero-order chi connectivity index (χ0) is 13.9. The number of hydrogen-bond donors (Lipinski definition) is 1. The highest BCUT2D eigenvalue weighted by Crippen LogP contribution is 2.15. The first-order valence-corrected chi connectivity index (χ1v) is 8.90. The van der Waals surface area contributed by atoms with Gasteiger partial charge in [-0.1, -0.05) is 15.9 Å². The number of imidazole rings is 1. The standard InChI is InChI=1S/C11H19BrN4O2S/c1-10-13-9-11(14-10)19(17,18)16-5-2-4-15(6-3-12)7-8-16/h9H,2-8H2,1H3,(H,13,14). The van der Waals surface area contributed by atoms with Crippen LogP contribution in [0.5, 0.6) is 0 Å². The van der Waals surface area contributed by atoms with Crippen molar-refractivity contribution in [2.75, 3.05) is 38.1 Å². The highest BCUT2D eigenvalue weighted by Gasteiger charge is 2.28. The minimum absolute atomic E-state index is 0.193. The number of nitrogens with one attached hydrogen (secondary N) is 1. The van der Waals surface area contributed by atoms with Crippen LogP contribution >= 0.6 is 15.9 Å². The molecule has 1 N–H and O–H groups in total. The Morgan fingerprint density at radius 3 is 2.79 bits per heavy atom. The van der Waals surface area contributed by atoms with Gasteiger partial charge in [-0.2, -0.15) is 4.31 Å². The molecule has 1 aromatic rings. The van der Waals surface area contributed by atoms with Gasteiger partial charge in [-0.15, -0.1) is 0 Å². The summed E-state index contributed by atoms with van der Waals surface area (Å²) in [6.45, 7) is 5.53. The van der Waals surface area contributed by atoms with Gasteiger partial charge in [0.2, 0.25) is 0 Å². The van der Waals surface area contributed by atoms with E-state index in [1.165, 1.54) is 6.20 Å². The summed E-state index contributed by atoms with van der Waals surface area (Å²) in [6, 6.07) is 0. The van der Waals surface area contributed by atoms with Crippen molar-refractivity contribution in [1.29, 1.82) is 0 Å². The molecule has 2 rings (SSSR count). The fraction of sp³-hybridized carbons (Fsp3) is 0.727. The lowest BCUT2D eigenvalue weighted by atomic mass is 10.4. The molecule has 8 heteroatoms. The Hall–Kier alpha value is -0.440. The van der Waals surface area contributed by atoms with Crippen molar-refractivity contribution in [3.05, 3.63) is 12.0 Å². The zero-order valence-electron chi connectivity index (χ0n) is 11.0. The summed E-state index contributed by atoms with van der Waals surface area (Å²) in [5.41, 5.74) is 0. The SMILES string of the molecule is Cc1ncc(S(=O)(=O)N2CCCN(CCBr)CC2)[nH]1. The molecule has 0 aliphatic carbocycles. The van der Waals surface area contributed by atoms with Crippen LogP contribution in [0.3, 0.4) is 0 Å². The topological polar surface area (TPSA) is 69.3 Å². The van der Waals surface area contributed by atoms with Crippen molar-refractivity contribution in [3.8, 4) is 0 Å². The van der Waals surface area contributed by atoms with Gasteiger partial charge in [0.25, 0.3) is 10.0 Å². The normalized spacial score (nSPS) is 19.5. The lowest BCUT2D eigenvalue weighted by Gasteiger charge is -2.20. The summed E-state index contributed by atoms with van der Waals surface area (Å²) in [6.07, 6.45) is 2.26. The predicted octanol–water partition coefficient (Wildman–Crippen LogP) is 0.809. The van der Waals surface area contributed by atoms with Crippen LogP contribution in [0.25, 0.3) is 0 Å². The smallest absolute Gasteiger partial charge is 0.260 e. The average molecular weight is 351 g/mol. The Labute approximate surface area is 122 Å². The van der Waals surface area contributed by atoms with Crippen LogP contribution in [0.1, 0.15) is 12.2 Å². The number of H-pyrrole nitrogens is 1. The monoisotopic (exact) mass is 350 g/mol. The molecular weight excluding hydrogens is 332 g/mol. The number of sulfonamides is 1. The molecule has 1 aliphatic rings. The highest BCUT2D eigenvalue weighted by atomic mass is 79.9. The minimum atomic E-state index is -3.43. The summed E-state index contributed by atoms with van der Waals surface area (Å²) in [4.78, 5) is 9.06. The van der Waals surface area contributed by atoms with Gasteiger partial charge in [-0.3, -0.25) is 0 Å². The van der Waals surface area contributed by atoms with Gasteiger partial charge in [0.1, 0.15) is 5.82 Å². The van der Waals surface area contributed by atoms with Crippen LogP contribution in [0, 0.1) is 6.92 Å². The summed E-state index contributed by atoms with van der Waals surface area (Å²) >= 11 is 3.42. The van der Waals surface area contributed by atoms with Gasteiger partial charge in [-0.05, 0) is 19.9 Å². The quantitative estimate of drug-likeness (QED) is 0.815. The Balaban J connectivity index is 2.09. The highest BCUT2D eigenvalue weighted by molar-refractivity contribution is 9.09. The number of aryl methyl sites for hydroxylation is 1. The van der Waals surface area contributed by atoms with Crippen molar-refractivity contribution in [3.63, 3.8) is 0 Å². The molecule has 0 saturated carbocycles. The van der Waals surface area contributed by atoms with E-state index in [-0.39, 0.29) is 5.03 Å². The summed E-state index contributed by atoms with van der Waals surface area (Å²) in [7, 11) is -3.43. The van der Waals surface area contributed by atoms with Crippen LogP contribution in [-0.4, -0.2) is 65.6 Å². The largest absolute Gasteiger partial charge is 0.332 e. The number of hydrogen-bond acceptors (Lipinski definition) is 4. The first-order valence-electron chi connectivity index (χ1n) is 6.34. The Morgan fingerprint density at radius 2 is 2.16 bits per heavy atom. The molecule has 1 fully saturated rings. The Morgan fingerprint density at radius 1 is 1.37 bits per heavy atom. The molecule has 0 atom stereocenters. The van der Waals surface area contributed by atoms with E-state index in [0.717, 1.165) is 31.4 Å². The molecule has 0 aromatic carbocycles. The molecule has 0 unspecified atom stereocenters. The number of halogens is 1. The third kappa shape index (κ3) is 3.56. The van der Waals surface area contributed by atoms with Gasteiger partial charge >= 0.3 is 0 Å². The second kappa shape index (κ2) is 6.34. The van der Waals surface area contributed by atoms with Crippen molar-refractivity contribution >= 4 is 26.0 Å². The van der Waals surface area contributed by atoms with Gasteiger partial charge in [0, 0.05) is 31.5 Å². The number of alkyl halides is 1. The summed E-state index contributed by atoms with van der Waals surface area (Å²) in [5, 5.41) is 1.11. The minimum Gasteiger partial charge on any atom is -0.332 e. The Kier molecular flexibility index (Phi) is 4.99. The van der Waals surface area contributed by atoms with Crippen LogP contribution < -0.4 is 0 Å². The van der Waals surface area contributed by atoms with Crippen molar-refractivity contribution in [2.24, 2.45) is 0 Å². The number of aromatic amines is 1. The molecule has 1 aliphatic heterocycles.